The third-order valence-electron chi connectivity index (χ3n) is 0. The first-order chi connectivity index (χ1) is 0. The van der Waals surface area contributed by atoms with Gasteiger partial charge in [0.2, 0.25) is 0 Å². The van der Waals surface area contributed by atoms with Crippen molar-refractivity contribution in [2.75, 3.05) is 0 Å². The van der Waals surface area contributed by atoms with Gasteiger partial charge in [0.1, 0.15) is 0 Å². The molecule has 0 bridgehead atoms. The molecule has 0 spiro atoms. The van der Waals surface area contributed by atoms with Gasteiger partial charge in [-0.25, -0.2) is 0 Å². The number of hydrogen-bond donors (Lipinski definition) is 0. The van der Waals surface area contributed by atoms with Crippen molar-refractivity contribution in [1.29, 1.82) is 0 Å². The molecule has 18 N–H and O–H groups in total. The van der Waals surface area contributed by atoms with Gasteiger partial charge >= 0.3 is 23.1 Å². The van der Waals surface area contributed by atoms with Crippen LogP contribution < -0.4 is 0 Å². The monoisotopic (exact) mass is 188 g/mol. The average Bonchev–Trinajstić information content (AvgIpc) is 0. The van der Waals surface area contributed by atoms with Gasteiger partial charge in [-0.1, -0.05) is 0 Å². The zero-order valence-corrected chi connectivity index (χ0v) is 6.62. The van der Waals surface area contributed by atoms with Gasteiger partial charge in [-0.3, -0.25) is 0 Å². The van der Waals surface area contributed by atoms with Crippen LogP contribution in [0.3, 0.4) is 0 Å². The van der Waals surface area contributed by atoms with E-state index >= 15 is 0 Å². The minimum atomic E-state index is 0. The van der Waals surface area contributed by atoms with Crippen LogP contribution in [0.2, 0.25) is 0 Å². The molecule has 0 aliphatic heterocycles. The van der Waals surface area contributed by atoms with E-state index in [2.05, 4.69) is 0 Å². The summed E-state index contributed by atoms with van der Waals surface area (Å²) in [5.41, 5.74) is 0. The molecule has 0 aliphatic carbocycles. The predicted octanol–water partition coefficient (Wildman–Crippen LogP) is -7.58. The number of rotatable bonds is 0. The van der Waals surface area contributed by atoms with E-state index in [1.54, 1.807) is 0 Å². The molecule has 0 atom stereocenters. The Morgan fingerprint density at radius 2 is 0.300 bits per heavy atom. The summed E-state index contributed by atoms with van der Waals surface area (Å²) in [6, 6.07) is 0. The summed E-state index contributed by atoms with van der Waals surface area (Å²) in [6.07, 6.45) is 0. The van der Waals surface area contributed by atoms with Crippen molar-refractivity contribution in [3.05, 3.63) is 0 Å². The van der Waals surface area contributed by atoms with Gasteiger partial charge in [-0.2, -0.15) is 0 Å². The van der Waals surface area contributed by atoms with Gasteiger partial charge in [0.25, 0.3) is 0 Å². The normalized spacial score (nSPS) is 0. The summed E-state index contributed by atoms with van der Waals surface area (Å²) < 4.78 is 0. The van der Waals surface area contributed by atoms with Crippen molar-refractivity contribution in [1.82, 2.24) is 0 Å². The van der Waals surface area contributed by atoms with Gasteiger partial charge in [-0.15, -0.1) is 0 Å². The molecular formula is H20MgO9. The third-order valence-corrected chi connectivity index (χ3v) is 0. The maximum atomic E-state index is 0. The first-order valence-corrected chi connectivity index (χ1v) is 0. The Morgan fingerprint density at radius 1 is 0.300 bits per heavy atom. The van der Waals surface area contributed by atoms with Crippen molar-refractivity contribution in [3.8, 4) is 0 Å². The quantitative estimate of drug-likeness (QED) is 0.320. The summed E-state index contributed by atoms with van der Waals surface area (Å²) in [4.78, 5) is 0. The molecule has 0 amide bonds. The van der Waals surface area contributed by atoms with E-state index in [1.165, 1.54) is 0 Å². The summed E-state index contributed by atoms with van der Waals surface area (Å²) in [5.74, 6) is 0. The van der Waals surface area contributed by atoms with E-state index in [-0.39, 0.29) is 75.2 Å². The van der Waals surface area contributed by atoms with Gasteiger partial charge in [0, 0.05) is 0 Å². The minimum absolute atomic E-state index is 0. The van der Waals surface area contributed by atoms with E-state index in [4.69, 9.17) is 0 Å². The smallest absolute Gasteiger partial charge is 1.00 e. The summed E-state index contributed by atoms with van der Waals surface area (Å²) in [5, 5.41) is 0. The Kier molecular flexibility index (Phi) is 2250000. The Balaban J connectivity index is 0. The molecular weight excluding hydrogens is 168 g/mol. The molecule has 0 saturated heterocycles. The van der Waals surface area contributed by atoms with E-state index in [0.717, 1.165) is 0 Å². The molecule has 10 heavy (non-hydrogen) atoms. The first kappa shape index (κ1) is 5580. The van der Waals surface area contributed by atoms with Crippen molar-refractivity contribution >= 4 is 23.1 Å². The standard InChI is InChI=1S/Mg.9H2O.2H/h;9*1H2;;/q+2;;;;;;;;;;2*-1. The Morgan fingerprint density at radius 3 is 0.300 bits per heavy atom. The largest absolute Gasteiger partial charge is 2.00 e. The van der Waals surface area contributed by atoms with Crippen LogP contribution in [0.5, 0.6) is 0 Å². The molecule has 0 heterocycles. The fourth-order valence-corrected chi connectivity index (χ4v) is 0. The molecule has 0 aromatic heterocycles. The molecule has 0 unspecified atom stereocenters. The van der Waals surface area contributed by atoms with E-state index in [9.17, 15) is 0 Å². The van der Waals surface area contributed by atoms with Crippen molar-refractivity contribution in [2.45, 2.75) is 0 Å². The maximum absolute atomic E-state index is 0. The second-order valence-corrected chi connectivity index (χ2v) is 0. The Bertz CT molecular complexity index is 12.5. The zero-order chi connectivity index (χ0) is 0. The van der Waals surface area contributed by atoms with Gasteiger partial charge in [0.05, 0.1) is 0 Å². The van der Waals surface area contributed by atoms with Gasteiger partial charge < -0.3 is 52.1 Å². The van der Waals surface area contributed by atoms with Crippen LogP contribution in [0.1, 0.15) is 2.85 Å². The molecule has 0 aliphatic rings. The topological polar surface area (TPSA) is 284 Å². The average molecular weight is 188 g/mol. The zero-order valence-electron chi connectivity index (χ0n) is 7.21. The summed E-state index contributed by atoms with van der Waals surface area (Å²) in [7, 11) is 0. The van der Waals surface area contributed by atoms with E-state index in [1.807, 2.05) is 0 Å². The van der Waals surface area contributed by atoms with Crippen LogP contribution >= 0.6 is 0 Å². The molecule has 0 saturated carbocycles. The Labute approximate surface area is 75.9 Å². The third kappa shape index (κ3) is 2790. The molecule has 0 aromatic rings. The van der Waals surface area contributed by atoms with Crippen LogP contribution in [-0.2, 0) is 0 Å². The van der Waals surface area contributed by atoms with Crippen LogP contribution in [-0.4, -0.2) is 72.3 Å². The van der Waals surface area contributed by atoms with Crippen LogP contribution in [0, 0.1) is 0 Å². The van der Waals surface area contributed by atoms with Crippen LogP contribution in [0.4, 0.5) is 0 Å². The first-order valence-electron chi connectivity index (χ1n) is 0. The maximum Gasteiger partial charge on any atom is 2.00 e. The van der Waals surface area contributed by atoms with Gasteiger partial charge in [0.15, 0.2) is 0 Å². The van der Waals surface area contributed by atoms with Crippen LogP contribution in [0.15, 0.2) is 0 Å². The predicted molar refractivity (Wildman–Crippen MR) is 40.5 cm³/mol. The second-order valence-electron chi connectivity index (χ2n) is 0. The molecule has 0 fully saturated rings. The molecule has 0 aromatic carbocycles. The SMILES string of the molecule is O.O.O.O.O.O.O.O.O.[H-].[H-].[Mg+2]. The van der Waals surface area contributed by atoms with Crippen molar-refractivity contribution in [2.24, 2.45) is 0 Å². The minimum Gasteiger partial charge on any atom is -1.00 e. The number of hydrogen-bond acceptors (Lipinski definition) is 0. The fraction of sp³-hybridized carbons (Fsp3) is 0. The molecule has 10 heteroatoms. The molecule has 0 rings (SSSR count). The van der Waals surface area contributed by atoms with Crippen LogP contribution in [0.25, 0.3) is 0 Å². The Hall–Kier alpha value is 0.406. The molecule has 9 nitrogen and oxygen atoms in total. The molecule has 0 radical (unpaired) electrons. The summed E-state index contributed by atoms with van der Waals surface area (Å²) in [6.45, 7) is 0. The van der Waals surface area contributed by atoms with E-state index < -0.39 is 0 Å². The summed E-state index contributed by atoms with van der Waals surface area (Å²) >= 11 is 0. The van der Waals surface area contributed by atoms with Gasteiger partial charge in [-0.05, 0) is 0 Å². The second kappa shape index (κ2) is 4030. The molecule has 76 valence electrons. The van der Waals surface area contributed by atoms with Crippen molar-refractivity contribution in [3.63, 3.8) is 0 Å². The fourth-order valence-electron chi connectivity index (χ4n) is 0. The van der Waals surface area contributed by atoms with E-state index in [0.29, 0.717) is 0 Å². The van der Waals surface area contributed by atoms with Crippen molar-refractivity contribution < 1.29 is 52.1 Å².